The average molecular weight is 623 g/mol. The van der Waals surface area contributed by atoms with E-state index >= 15 is 0 Å². The third kappa shape index (κ3) is 9.01. The van der Waals surface area contributed by atoms with Crippen LogP contribution in [0.25, 0.3) is 0 Å². The molecule has 1 unspecified atom stereocenters. The van der Waals surface area contributed by atoms with E-state index in [1.807, 2.05) is 0 Å². The van der Waals surface area contributed by atoms with Crippen molar-refractivity contribution in [1.82, 2.24) is 0 Å². The van der Waals surface area contributed by atoms with Gasteiger partial charge in [-0.15, -0.1) is 0 Å². The van der Waals surface area contributed by atoms with E-state index in [1.54, 1.807) is 12.1 Å². The summed E-state index contributed by atoms with van der Waals surface area (Å²) in [5.74, 6) is -1.47. The molecule has 0 aliphatic carbocycles. The Balaban J connectivity index is 0.000000546. The standard InChI is InChI=1S/C8H8BrCl2O3PS.C4H8Cl3O4P/c1-12-15(16,13-2)14-8-4-6(10)5(9)3-7(8)11;1-10-12(9,11-2)3(8)4(5,6)7/h3-4H,1-2H3;3,8H,1-2H3. The van der Waals surface area contributed by atoms with Gasteiger partial charge in [0, 0.05) is 50.8 Å². The molecule has 164 valence electrons. The molecule has 1 aromatic carbocycles. The Bertz CT molecular complexity index is 736. The normalized spacial score (nSPS) is 13.5. The number of rotatable bonds is 7. The number of aliphatic hydroxyl groups excluding tert-OH is 1. The van der Waals surface area contributed by atoms with Gasteiger partial charge in [0.2, 0.25) is 9.64 Å². The first-order chi connectivity index (χ1) is 12.7. The fourth-order valence-electron chi connectivity index (χ4n) is 1.30. The smallest absolute Gasteiger partial charge is 0.380 e. The minimum atomic E-state index is -3.73. The van der Waals surface area contributed by atoms with Crippen LogP contribution in [0.4, 0.5) is 0 Å². The molecule has 0 aliphatic heterocycles. The van der Waals surface area contributed by atoms with E-state index in [9.17, 15) is 9.67 Å². The summed E-state index contributed by atoms with van der Waals surface area (Å²) in [7, 11) is 1.27. The summed E-state index contributed by atoms with van der Waals surface area (Å²) in [6, 6.07) is 3.16. The van der Waals surface area contributed by atoms with Crippen molar-refractivity contribution in [2.45, 2.75) is 9.64 Å². The quantitative estimate of drug-likeness (QED) is 0.202. The van der Waals surface area contributed by atoms with Gasteiger partial charge in [0.05, 0.1) is 10.0 Å². The molecule has 0 saturated heterocycles. The van der Waals surface area contributed by atoms with E-state index in [2.05, 4.69) is 25.0 Å². The molecule has 0 heterocycles. The van der Waals surface area contributed by atoms with Crippen LogP contribution in [-0.2, 0) is 34.5 Å². The Morgan fingerprint density at radius 1 is 1.04 bits per heavy atom. The van der Waals surface area contributed by atoms with Crippen LogP contribution < -0.4 is 4.52 Å². The Morgan fingerprint density at radius 2 is 1.50 bits per heavy atom. The number of alkyl halides is 3. The molecule has 0 radical (unpaired) electrons. The maximum atomic E-state index is 11.3. The van der Waals surface area contributed by atoms with Crippen LogP contribution in [0.1, 0.15) is 0 Å². The average Bonchev–Trinajstić information content (AvgIpc) is 2.64. The molecule has 0 saturated carbocycles. The van der Waals surface area contributed by atoms with Crippen molar-refractivity contribution in [3.8, 4) is 5.75 Å². The molecule has 0 fully saturated rings. The highest BCUT2D eigenvalue weighted by molar-refractivity contribution is 9.10. The van der Waals surface area contributed by atoms with E-state index in [1.165, 1.54) is 14.2 Å². The SMILES string of the molecule is COP(=O)(OC)C(O)C(Cl)(Cl)Cl.COP(=S)(OC)Oc1cc(Cl)c(Br)cc1Cl. The summed E-state index contributed by atoms with van der Waals surface area (Å²) in [6.45, 7) is -2.79. The fourth-order valence-corrected chi connectivity index (χ4v) is 5.10. The van der Waals surface area contributed by atoms with Crippen molar-refractivity contribution < 1.29 is 32.3 Å². The number of aliphatic hydroxyl groups is 1. The van der Waals surface area contributed by atoms with Gasteiger partial charge in [0.15, 0.2) is 0 Å². The summed E-state index contributed by atoms with van der Waals surface area (Å²) in [6.07, 6.45) is 0. The van der Waals surface area contributed by atoms with Gasteiger partial charge in [-0.3, -0.25) is 4.57 Å². The van der Waals surface area contributed by atoms with Gasteiger partial charge in [-0.25, -0.2) is 0 Å². The van der Waals surface area contributed by atoms with Gasteiger partial charge in [0.1, 0.15) is 5.75 Å². The van der Waals surface area contributed by atoms with E-state index in [4.69, 9.17) is 83.4 Å². The van der Waals surface area contributed by atoms with Crippen molar-refractivity contribution in [3.63, 3.8) is 0 Å². The van der Waals surface area contributed by atoms with Gasteiger partial charge in [-0.1, -0.05) is 58.0 Å². The predicted octanol–water partition coefficient (Wildman–Crippen LogP) is 6.81. The van der Waals surface area contributed by atoms with E-state index in [-0.39, 0.29) is 0 Å². The lowest BCUT2D eigenvalue weighted by Gasteiger charge is -2.24. The molecule has 0 aromatic heterocycles. The predicted molar refractivity (Wildman–Crippen MR) is 121 cm³/mol. The number of hydrogen-bond donors (Lipinski definition) is 1. The first-order valence-corrected chi connectivity index (χ1v) is 13.6. The van der Waals surface area contributed by atoms with Crippen LogP contribution in [0.2, 0.25) is 10.0 Å². The van der Waals surface area contributed by atoms with E-state index in [0.29, 0.717) is 20.3 Å². The van der Waals surface area contributed by atoms with Gasteiger partial charge >= 0.3 is 14.3 Å². The molecule has 0 amide bonds. The molecule has 28 heavy (non-hydrogen) atoms. The second kappa shape index (κ2) is 12.6. The summed E-state index contributed by atoms with van der Waals surface area (Å²) in [5, 5.41) is 10.0. The molecule has 7 nitrogen and oxygen atoms in total. The molecule has 0 spiro atoms. The van der Waals surface area contributed by atoms with E-state index in [0.717, 1.165) is 14.2 Å². The van der Waals surface area contributed by atoms with Gasteiger partial charge in [0.25, 0.3) is 0 Å². The second-order valence-electron chi connectivity index (χ2n) is 4.42. The van der Waals surface area contributed by atoms with Gasteiger partial charge in [-0.2, -0.15) is 0 Å². The van der Waals surface area contributed by atoms with Gasteiger partial charge < -0.3 is 27.7 Å². The molecule has 1 atom stereocenters. The van der Waals surface area contributed by atoms with Crippen molar-refractivity contribution in [1.29, 1.82) is 0 Å². The molecule has 1 aromatic rings. The highest BCUT2D eigenvalue weighted by atomic mass is 79.9. The third-order valence-corrected chi connectivity index (χ3v) is 9.74. The number of benzene rings is 1. The molecular formula is C12H16BrCl5O7P2S. The minimum Gasteiger partial charge on any atom is -0.422 e. The Hall–Kier alpha value is 1.63. The Morgan fingerprint density at radius 3 is 1.82 bits per heavy atom. The van der Waals surface area contributed by atoms with Crippen LogP contribution in [0.3, 0.4) is 0 Å². The lowest BCUT2D eigenvalue weighted by molar-refractivity contribution is 0.176. The molecule has 1 rings (SSSR count). The molecule has 16 heteroatoms. The first kappa shape index (κ1) is 29.6. The summed E-state index contributed by atoms with van der Waals surface area (Å²) in [4.78, 5) is 0. The second-order valence-corrected chi connectivity index (χ2v) is 13.9. The van der Waals surface area contributed by atoms with Crippen LogP contribution >= 0.6 is 88.2 Å². The number of hydrogen-bond acceptors (Lipinski definition) is 8. The van der Waals surface area contributed by atoms with Crippen LogP contribution in [-0.4, -0.2) is 43.2 Å². The molecule has 0 aliphatic rings. The molecular weight excluding hydrogens is 607 g/mol. The summed E-state index contributed by atoms with van der Waals surface area (Å²) < 4.78 is 34.1. The van der Waals surface area contributed by atoms with Crippen LogP contribution in [0.5, 0.6) is 5.75 Å². The Kier molecular flexibility index (Phi) is 13.3. The number of halogens is 6. The Labute approximate surface area is 201 Å². The molecule has 1 N–H and O–H groups in total. The highest BCUT2D eigenvalue weighted by Gasteiger charge is 2.46. The zero-order valence-electron chi connectivity index (χ0n) is 14.7. The third-order valence-electron chi connectivity index (χ3n) is 2.73. The zero-order valence-corrected chi connectivity index (χ0v) is 22.7. The van der Waals surface area contributed by atoms with Crippen molar-refractivity contribution in [2.24, 2.45) is 0 Å². The topological polar surface area (TPSA) is 83.5 Å². The van der Waals surface area contributed by atoms with Crippen molar-refractivity contribution in [3.05, 3.63) is 26.7 Å². The maximum Gasteiger partial charge on any atom is 0.380 e. The highest BCUT2D eigenvalue weighted by Crippen LogP contribution is 2.57. The van der Waals surface area contributed by atoms with Crippen molar-refractivity contribution in [2.75, 3.05) is 28.4 Å². The van der Waals surface area contributed by atoms with Gasteiger partial charge in [-0.05, 0) is 22.0 Å². The maximum absolute atomic E-state index is 11.3. The largest absolute Gasteiger partial charge is 0.422 e. The lowest BCUT2D eigenvalue weighted by Crippen LogP contribution is -2.26. The summed E-state index contributed by atoms with van der Waals surface area (Å²) in [5.41, 5.74) is 0. The molecule has 0 bridgehead atoms. The van der Waals surface area contributed by atoms with Crippen LogP contribution in [0.15, 0.2) is 16.6 Å². The summed E-state index contributed by atoms with van der Waals surface area (Å²) >= 11 is 36.0. The zero-order chi connectivity index (χ0) is 22.3. The van der Waals surface area contributed by atoms with Crippen molar-refractivity contribution >= 4 is 100 Å². The van der Waals surface area contributed by atoms with Crippen LogP contribution in [0, 0.1) is 0 Å². The minimum absolute atomic E-state index is 0.335. The monoisotopic (exact) mass is 620 g/mol. The fraction of sp³-hybridized carbons (Fsp3) is 0.500. The first-order valence-electron chi connectivity index (χ1n) is 6.71. The van der Waals surface area contributed by atoms with E-state index < -0.39 is 24.0 Å². The lowest BCUT2D eigenvalue weighted by atomic mass is 10.3.